The number of carboxylic acids is 1. The van der Waals surface area contributed by atoms with Crippen molar-refractivity contribution in [3.05, 3.63) is 33.1 Å². The zero-order valence-corrected chi connectivity index (χ0v) is 13.0. The summed E-state index contributed by atoms with van der Waals surface area (Å²) in [5, 5.41) is 9.14. The van der Waals surface area contributed by atoms with Gasteiger partial charge in [0.2, 0.25) is 5.43 Å². The second-order valence-electron chi connectivity index (χ2n) is 4.99. The number of ether oxygens (including phenoxy) is 3. The van der Waals surface area contributed by atoms with Crippen LogP contribution in [0.3, 0.4) is 0 Å². The predicted molar refractivity (Wildman–Crippen MR) is 82.9 cm³/mol. The van der Waals surface area contributed by atoms with E-state index in [2.05, 4.69) is 4.98 Å². The lowest BCUT2D eigenvalue weighted by Gasteiger charge is -2.27. The number of aromatic amines is 1. The average Bonchev–Trinajstić information content (AvgIpc) is 2.52. The molecular weight excluding hydrogens is 326 g/mol. The van der Waals surface area contributed by atoms with Crippen molar-refractivity contribution >= 4 is 28.5 Å². The molecule has 0 amide bonds. The normalized spacial score (nSPS) is 16.5. The van der Waals surface area contributed by atoms with Crippen molar-refractivity contribution in [2.75, 3.05) is 19.8 Å². The number of aromatic nitrogens is 1. The summed E-state index contributed by atoms with van der Waals surface area (Å²) < 4.78 is 16.7. The van der Waals surface area contributed by atoms with Gasteiger partial charge < -0.3 is 24.3 Å². The number of hydrogen-bond donors (Lipinski definition) is 2. The molecule has 1 aliphatic rings. The molecule has 0 saturated heterocycles. The van der Waals surface area contributed by atoms with Gasteiger partial charge in [-0.1, -0.05) is 11.6 Å². The average molecular weight is 340 g/mol. The summed E-state index contributed by atoms with van der Waals surface area (Å²) in [5.74, 6) is -0.701. The molecule has 1 unspecified atom stereocenters. The van der Waals surface area contributed by atoms with E-state index in [1.54, 1.807) is 6.07 Å². The zero-order chi connectivity index (χ0) is 16.6. The van der Waals surface area contributed by atoms with Crippen LogP contribution < -0.4 is 14.9 Å². The standard InChI is InChI=1S/C15H14ClNO6/c1-2-21-5-7-6-22-14-10(23-7)3-9-11(12(14)16)13(18)8(4-17-9)15(19)20/h3-4,7H,2,5-6H2,1H3,(H,17,18)(H,19,20). The van der Waals surface area contributed by atoms with Gasteiger partial charge in [-0.05, 0) is 6.92 Å². The summed E-state index contributed by atoms with van der Waals surface area (Å²) in [6.07, 6.45) is 0.859. The van der Waals surface area contributed by atoms with Gasteiger partial charge in [-0.15, -0.1) is 0 Å². The third-order valence-corrected chi connectivity index (χ3v) is 3.84. The minimum Gasteiger partial charge on any atom is -0.484 e. The lowest BCUT2D eigenvalue weighted by Crippen LogP contribution is -2.33. The van der Waals surface area contributed by atoms with Gasteiger partial charge in [-0.25, -0.2) is 4.79 Å². The molecular formula is C15H14ClNO6. The molecule has 0 aliphatic carbocycles. The van der Waals surface area contributed by atoms with Crippen molar-refractivity contribution in [2.45, 2.75) is 13.0 Å². The van der Waals surface area contributed by atoms with E-state index in [1.807, 2.05) is 6.92 Å². The van der Waals surface area contributed by atoms with Crippen LogP contribution >= 0.6 is 11.6 Å². The lowest BCUT2D eigenvalue weighted by molar-refractivity contribution is 0.0130. The number of carbonyl (C=O) groups is 1. The Kier molecular flexibility index (Phi) is 4.14. The minimum atomic E-state index is -1.32. The number of hydrogen-bond acceptors (Lipinski definition) is 5. The Balaban J connectivity index is 2.09. The van der Waals surface area contributed by atoms with Crippen molar-refractivity contribution in [2.24, 2.45) is 0 Å². The summed E-state index contributed by atoms with van der Waals surface area (Å²) in [6, 6.07) is 1.57. The molecule has 0 radical (unpaired) electrons. The Morgan fingerprint density at radius 1 is 1.57 bits per heavy atom. The first-order chi connectivity index (χ1) is 11.0. The van der Waals surface area contributed by atoms with Gasteiger partial charge in [0.15, 0.2) is 17.6 Å². The van der Waals surface area contributed by atoms with Crippen LogP contribution in [-0.4, -0.2) is 42.0 Å². The maximum absolute atomic E-state index is 12.3. The molecule has 7 nitrogen and oxygen atoms in total. The van der Waals surface area contributed by atoms with Crippen LogP contribution in [0, 0.1) is 0 Å². The van der Waals surface area contributed by atoms with E-state index < -0.39 is 11.4 Å². The molecule has 2 heterocycles. The number of pyridine rings is 1. The number of halogens is 1. The Bertz CT molecular complexity index is 831. The molecule has 3 rings (SSSR count). The summed E-state index contributed by atoms with van der Waals surface area (Å²) in [4.78, 5) is 26.1. The molecule has 2 N–H and O–H groups in total. The molecule has 8 heteroatoms. The number of carboxylic acid groups (broad SMARTS) is 1. The van der Waals surface area contributed by atoms with E-state index >= 15 is 0 Å². The molecule has 0 bridgehead atoms. The molecule has 1 aromatic heterocycles. The molecule has 0 spiro atoms. The molecule has 0 fully saturated rings. The lowest BCUT2D eigenvalue weighted by atomic mass is 10.1. The first-order valence-corrected chi connectivity index (χ1v) is 7.39. The van der Waals surface area contributed by atoms with Gasteiger partial charge in [-0.3, -0.25) is 4.79 Å². The van der Waals surface area contributed by atoms with E-state index in [0.29, 0.717) is 24.5 Å². The fourth-order valence-corrected chi connectivity index (χ4v) is 2.73. The first kappa shape index (κ1) is 15.6. The van der Waals surface area contributed by atoms with Gasteiger partial charge in [0, 0.05) is 18.9 Å². The topological polar surface area (TPSA) is 97.9 Å². The fraction of sp³-hybridized carbons (Fsp3) is 0.333. The second-order valence-corrected chi connectivity index (χ2v) is 5.37. The number of fused-ring (bicyclic) bond motifs is 2. The van der Waals surface area contributed by atoms with Crippen LogP contribution in [0.25, 0.3) is 10.9 Å². The van der Waals surface area contributed by atoms with Crippen LogP contribution in [0.4, 0.5) is 0 Å². The van der Waals surface area contributed by atoms with Crippen LogP contribution in [0.2, 0.25) is 5.02 Å². The van der Waals surface area contributed by atoms with Crippen molar-refractivity contribution in [1.29, 1.82) is 0 Å². The minimum absolute atomic E-state index is 0.0386. The van der Waals surface area contributed by atoms with Crippen molar-refractivity contribution in [3.8, 4) is 11.5 Å². The third-order valence-electron chi connectivity index (χ3n) is 3.48. The maximum Gasteiger partial charge on any atom is 0.341 e. The van der Waals surface area contributed by atoms with Gasteiger partial charge in [0.25, 0.3) is 0 Å². The predicted octanol–water partition coefficient (Wildman–Crippen LogP) is 2.06. The number of aromatic carboxylic acids is 1. The van der Waals surface area contributed by atoms with Crippen LogP contribution in [-0.2, 0) is 4.74 Å². The van der Waals surface area contributed by atoms with E-state index in [1.165, 1.54) is 0 Å². The zero-order valence-electron chi connectivity index (χ0n) is 12.2. The Hall–Kier alpha value is -2.25. The summed E-state index contributed by atoms with van der Waals surface area (Å²) >= 11 is 6.24. The molecule has 2 aromatic rings. The smallest absolute Gasteiger partial charge is 0.341 e. The summed E-state index contributed by atoms with van der Waals surface area (Å²) in [6.45, 7) is 3.05. The second kappa shape index (κ2) is 6.10. The van der Waals surface area contributed by atoms with Gasteiger partial charge in [-0.2, -0.15) is 0 Å². The fourth-order valence-electron chi connectivity index (χ4n) is 2.40. The quantitative estimate of drug-likeness (QED) is 0.884. The van der Waals surface area contributed by atoms with Gasteiger partial charge in [0.05, 0.1) is 22.5 Å². The number of H-pyrrole nitrogens is 1. The van der Waals surface area contributed by atoms with Crippen LogP contribution in [0.15, 0.2) is 17.1 Å². The van der Waals surface area contributed by atoms with Crippen LogP contribution in [0.5, 0.6) is 11.5 Å². The monoisotopic (exact) mass is 339 g/mol. The molecule has 122 valence electrons. The van der Waals surface area contributed by atoms with E-state index in [9.17, 15) is 9.59 Å². The third kappa shape index (κ3) is 2.73. The molecule has 1 aliphatic heterocycles. The Morgan fingerprint density at radius 2 is 2.35 bits per heavy atom. The number of rotatable bonds is 4. The van der Waals surface area contributed by atoms with Crippen molar-refractivity contribution in [3.63, 3.8) is 0 Å². The number of benzene rings is 1. The van der Waals surface area contributed by atoms with E-state index in [4.69, 9.17) is 30.9 Å². The van der Waals surface area contributed by atoms with Gasteiger partial charge in [0.1, 0.15) is 12.2 Å². The molecule has 23 heavy (non-hydrogen) atoms. The highest BCUT2D eigenvalue weighted by atomic mass is 35.5. The summed E-state index contributed by atoms with van der Waals surface area (Å²) in [5.41, 5.74) is -0.672. The number of nitrogens with one attached hydrogen (secondary N) is 1. The molecule has 1 atom stereocenters. The Labute approximate surface area is 135 Å². The highest BCUT2D eigenvalue weighted by Crippen LogP contribution is 2.42. The highest BCUT2D eigenvalue weighted by molar-refractivity contribution is 6.37. The largest absolute Gasteiger partial charge is 0.484 e. The van der Waals surface area contributed by atoms with Crippen molar-refractivity contribution in [1.82, 2.24) is 4.98 Å². The first-order valence-electron chi connectivity index (χ1n) is 7.01. The molecule has 0 saturated carbocycles. The highest BCUT2D eigenvalue weighted by Gasteiger charge is 2.27. The van der Waals surface area contributed by atoms with Crippen LogP contribution in [0.1, 0.15) is 17.3 Å². The SMILES string of the molecule is CCOCC1COc2c(cc3[nH]cc(C(=O)O)c(=O)c3c2Cl)O1. The maximum atomic E-state index is 12.3. The van der Waals surface area contributed by atoms with E-state index in [0.717, 1.165) is 6.20 Å². The van der Waals surface area contributed by atoms with Gasteiger partial charge >= 0.3 is 5.97 Å². The van der Waals surface area contributed by atoms with E-state index in [-0.39, 0.29) is 34.4 Å². The van der Waals surface area contributed by atoms with Crippen molar-refractivity contribution < 1.29 is 24.1 Å². The summed E-state index contributed by atoms with van der Waals surface area (Å²) in [7, 11) is 0. The Morgan fingerprint density at radius 3 is 3.04 bits per heavy atom. The molecule has 1 aromatic carbocycles.